The zero-order valence-corrected chi connectivity index (χ0v) is 17.4. The highest BCUT2D eigenvalue weighted by atomic mass is 35.5. The van der Waals surface area contributed by atoms with Gasteiger partial charge in [-0.25, -0.2) is 9.69 Å². The number of hydrogen-bond donors (Lipinski definition) is 0. The Morgan fingerprint density at radius 1 is 0.793 bits per heavy atom. The maximum absolute atomic E-state index is 13.2. The Morgan fingerprint density at radius 2 is 1.21 bits per heavy atom. The molecule has 0 N–H and O–H groups in total. The Hall–Kier alpha value is -2.68. The summed E-state index contributed by atoms with van der Waals surface area (Å²) in [6.07, 6.45) is -0.294. The summed E-state index contributed by atoms with van der Waals surface area (Å²) in [6.45, 7) is 0.577. The largest absolute Gasteiger partial charge is 1.00 e. The smallest absolute Gasteiger partial charge is 0.416 e. The standard InChI is InChI=1S/C23H21NO3P.ClH/c25-22(24-16-17-27-23(24)26)18-28(19-10-4-1-5-11-19,20-12-6-2-7-13-20)21-14-8-3-9-15-21;/h1-15H,16-18H2;1H/q+1;/p-1. The number of carbonyl (C=O) groups excluding carboxylic acids is 2. The number of hydrogen-bond acceptors (Lipinski definition) is 3. The number of carbonyl (C=O) groups is 2. The zero-order valence-electron chi connectivity index (χ0n) is 15.8. The number of rotatable bonds is 5. The Morgan fingerprint density at radius 3 is 1.55 bits per heavy atom. The van der Waals surface area contributed by atoms with Crippen LogP contribution in [0.25, 0.3) is 0 Å². The van der Waals surface area contributed by atoms with Crippen molar-refractivity contribution < 1.29 is 26.7 Å². The molecule has 6 heteroatoms. The minimum Gasteiger partial charge on any atom is -1.00 e. The number of halogens is 1. The lowest BCUT2D eigenvalue weighted by Crippen LogP contribution is -3.00. The first kappa shape index (κ1) is 21.0. The predicted octanol–water partition coefficient (Wildman–Crippen LogP) is -0.0367. The van der Waals surface area contributed by atoms with Crippen LogP contribution in [0.1, 0.15) is 0 Å². The lowest BCUT2D eigenvalue weighted by molar-refractivity contribution is -0.125. The van der Waals surface area contributed by atoms with Crippen molar-refractivity contribution in [2.45, 2.75) is 0 Å². The zero-order chi connectivity index (χ0) is 19.4. The molecule has 0 aromatic heterocycles. The molecule has 4 rings (SSSR count). The van der Waals surface area contributed by atoms with E-state index in [1.807, 2.05) is 54.6 Å². The monoisotopic (exact) mass is 425 g/mol. The van der Waals surface area contributed by atoms with E-state index in [9.17, 15) is 9.59 Å². The highest BCUT2D eigenvalue weighted by Crippen LogP contribution is 2.55. The second-order valence-electron chi connectivity index (χ2n) is 6.63. The van der Waals surface area contributed by atoms with Crippen LogP contribution in [0, 0.1) is 0 Å². The molecule has 0 spiro atoms. The molecule has 1 saturated heterocycles. The molecular formula is C23H21ClNO3P. The minimum atomic E-state index is -2.29. The van der Waals surface area contributed by atoms with Crippen molar-refractivity contribution in [2.75, 3.05) is 19.3 Å². The summed E-state index contributed by atoms with van der Waals surface area (Å²) in [5.41, 5.74) is 0. The van der Waals surface area contributed by atoms with Gasteiger partial charge >= 0.3 is 6.09 Å². The summed E-state index contributed by atoms with van der Waals surface area (Å²) in [4.78, 5) is 26.5. The Labute approximate surface area is 177 Å². The first-order chi connectivity index (χ1) is 13.7. The molecule has 0 saturated carbocycles. The van der Waals surface area contributed by atoms with E-state index in [0.29, 0.717) is 6.54 Å². The van der Waals surface area contributed by atoms with Gasteiger partial charge in [0.1, 0.15) is 29.8 Å². The summed E-state index contributed by atoms with van der Waals surface area (Å²) in [5.74, 6) is -0.188. The van der Waals surface area contributed by atoms with Crippen molar-refractivity contribution >= 4 is 35.2 Å². The fourth-order valence-electron chi connectivity index (χ4n) is 3.68. The molecule has 0 radical (unpaired) electrons. The van der Waals surface area contributed by atoms with E-state index in [4.69, 9.17) is 4.74 Å². The van der Waals surface area contributed by atoms with E-state index in [0.717, 1.165) is 15.9 Å². The third-order valence-corrected chi connectivity index (χ3v) is 9.31. The van der Waals surface area contributed by atoms with Crippen molar-refractivity contribution in [3.63, 3.8) is 0 Å². The molecular weight excluding hydrogens is 405 g/mol. The number of cyclic esters (lactones) is 1. The van der Waals surface area contributed by atoms with E-state index < -0.39 is 13.4 Å². The van der Waals surface area contributed by atoms with Gasteiger partial charge < -0.3 is 17.1 Å². The van der Waals surface area contributed by atoms with Crippen LogP contribution in [-0.4, -0.2) is 36.2 Å². The molecule has 2 amide bonds. The van der Waals surface area contributed by atoms with Crippen LogP contribution >= 0.6 is 7.26 Å². The van der Waals surface area contributed by atoms with Gasteiger partial charge in [0, 0.05) is 0 Å². The van der Waals surface area contributed by atoms with Gasteiger partial charge in [0.15, 0.2) is 6.16 Å². The quantitative estimate of drug-likeness (QED) is 0.539. The van der Waals surface area contributed by atoms with Crippen LogP contribution in [0.3, 0.4) is 0 Å². The summed E-state index contributed by atoms with van der Waals surface area (Å²) in [5, 5.41) is 3.36. The maximum atomic E-state index is 13.2. The molecule has 148 valence electrons. The predicted molar refractivity (Wildman–Crippen MR) is 113 cm³/mol. The molecule has 1 aliphatic heterocycles. The first-order valence-electron chi connectivity index (χ1n) is 9.24. The fraction of sp³-hybridized carbons (Fsp3) is 0.130. The van der Waals surface area contributed by atoms with Crippen molar-refractivity contribution in [1.29, 1.82) is 0 Å². The molecule has 1 aliphatic rings. The van der Waals surface area contributed by atoms with Gasteiger partial charge in [-0.15, -0.1) is 0 Å². The SMILES string of the molecule is O=C(C[P+](c1ccccc1)(c1ccccc1)c1ccccc1)N1CCOC1=O.[Cl-]. The second kappa shape index (κ2) is 9.21. The summed E-state index contributed by atoms with van der Waals surface area (Å²) in [6, 6.07) is 30.5. The molecule has 0 bridgehead atoms. The van der Waals surface area contributed by atoms with E-state index in [-0.39, 0.29) is 31.1 Å². The van der Waals surface area contributed by atoms with Crippen LogP contribution in [-0.2, 0) is 9.53 Å². The van der Waals surface area contributed by atoms with Crippen molar-refractivity contribution in [3.8, 4) is 0 Å². The topological polar surface area (TPSA) is 46.6 Å². The Kier molecular flexibility index (Phi) is 6.68. The van der Waals surface area contributed by atoms with E-state index >= 15 is 0 Å². The molecule has 4 nitrogen and oxygen atoms in total. The average molecular weight is 426 g/mol. The number of imide groups is 1. The van der Waals surface area contributed by atoms with Crippen LogP contribution in [0.5, 0.6) is 0 Å². The van der Waals surface area contributed by atoms with Gasteiger partial charge in [-0.2, -0.15) is 0 Å². The normalized spacial score (nSPS) is 13.5. The molecule has 3 aromatic rings. The molecule has 1 fully saturated rings. The van der Waals surface area contributed by atoms with Crippen molar-refractivity contribution in [3.05, 3.63) is 91.0 Å². The van der Waals surface area contributed by atoms with Crippen LogP contribution in [0.4, 0.5) is 4.79 Å². The summed E-state index contributed by atoms with van der Waals surface area (Å²) < 4.78 is 5.00. The number of ether oxygens (including phenoxy) is 1. The third-order valence-electron chi connectivity index (χ3n) is 5.03. The van der Waals surface area contributed by atoms with E-state index in [1.54, 1.807) is 0 Å². The summed E-state index contributed by atoms with van der Waals surface area (Å²) >= 11 is 0. The Balaban J connectivity index is 0.00000240. The summed E-state index contributed by atoms with van der Waals surface area (Å²) in [7, 11) is -2.29. The molecule has 0 atom stereocenters. The van der Waals surface area contributed by atoms with Crippen molar-refractivity contribution in [2.24, 2.45) is 0 Å². The third kappa shape index (κ3) is 4.05. The molecule has 0 aliphatic carbocycles. The molecule has 0 unspecified atom stereocenters. The number of nitrogens with zero attached hydrogens (tertiary/aromatic N) is 1. The van der Waals surface area contributed by atoms with Gasteiger partial charge in [-0.1, -0.05) is 54.6 Å². The molecule has 29 heavy (non-hydrogen) atoms. The lowest BCUT2D eigenvalue weighted by atomic mass is 10.4. The first-order valence-corrected chi connectivity index (χ1v) is 11.2. The van der Waals surface area contributed by atoms with Crippen molar-refractivity contribution in [1.82, 2.24) is 4.90 Å². The van der Waals surface area contributed by atoms with Gasteiger partial charge in [0.05, 0.1) is 6.54 Å². The van der Waals surface area contributed by atoms with Gasteiger partial charge in [0.25, 0.3) is 5.91 Å². The fourth-order valence-corrected chi connectivity index (χ4v) is 7.74. The van der Waals surface area contributed by atoms with Crippen LogP contribution in [0.2, 0.25) is 0 Å². The molecule has 1 heterocycles. The molecule has 3 aromatic carbocycles. The minimum absolute atomic E-state index is 0. The Bertz CT molecular complexity index is 871. The van der Waals surface area contributed by atoms with Gasteiger partial charge in [-0.3, -0.25) is 4.79 Å². The number of amides is 2. The highest BCUT2D eigenvalue weighted by Gasteiger charge is 2.49. The lowest BCUT2D eigenvalue weighted by Gasteiger charge is -2.28. The van der Waals surface area contributed by atoms with Crippen LogP contribution < -0.4 is 28.3 Å². The van der Waals surface area contributed by atoms with Crippen LogP contribution in [0.15, 0.2) is 91.0 Å². The van der Waals surface area contributed by atoms with Gasteiger partial charge in [0.2, 0.25) is 0 Å². The second-order valence-corrected chi connectivity index (χ2v) is 10.1. The van der Waals surface area contributed by atoms with E-state index in [1.165, 1.54) is 4.90 Å². The highest BCUT2D eigenvalue weighted by molar-refractivity contribution is 7.96. The van der Waals surface area contributed by atoms with Gasteiger partial charge in [-0.05, 0) is 36.4 Å². The average Bonchev–Trinajstić information content (AvgIpc) is 3.20. The number of benzene rings is 3. The van der Waals surface area contributed by atoms with E-state index in [2.05, 4.69) is 36.4 Å². The maximum Gasteiger partial charge on any atom is 0.416 e.